The van der Waals surface area contributed by atoms with Crippen molar-refractivity contribution in [1.29, 1.82) is 0 Å². The Bertz CT molecular complexity index is 1420. The smallest absolute Gasteiger partial charge is 0.303 e. The summed E-state index contributed by atoms with van der Waals surface area (Å²) in [6.45, 7) is 3.16. The topological polar surface area (TPSA) is 119 Å². The number of halogens is 4. The molecule has 218 valence electrons. The number of rotatable bonds is 8. The largest absolute Gasteiger partial charge is 0.463 e. The summed E-state index contributed by atoms with van der Waals surface area (Å²) in [6, 6.07) is 7.07. The molecule has 0 spiro atoms. The quantitative estimate of drug-likeness (QED) is 0.204. The average Bonchev–Trinajstić information content (AvgIpc) is 3.38. The van der Waals surface area contributed by atoms with Crippen LogP contribution in [0.15, 0.2) is 47.5 Å². The van der Waals surface area contributed by atoms with Crippen LogP contribution in [0.25, 0.3) is 11.3 Å². The number of thioether (sulfide) groups is 1. The second kappa shape index (κ2) is 12.9. The van der Waals surface area contributed by atoms with Crippen LogP contribution in [0.1, 0.15) is 26.8 Å². The van der Waals surface area contributed by atoms with Crippen molar-refractivity contribution in [1.82, 2.24) is 15.0 Å². The number of benzene rings is 2. The third-order valence-corrected chi connectivity index (χ3v) is 7.24. The molecule has 10 nitrogen and oxygen atoms in total. The van der Waals surface area contributed by atoms with Crippen molar-refractivity contribution < 1.29 is 46.5 Å². The number of hydrogen-bond acceptors (Lipinski definition) is 10. The van der Waals surface area contributed by atoms with Gasteiger partial charge in [0.05, 0.1) is 6.20 Å². The van der Waals surface area contributed by atoms with Gasteiger partial charge in [-0.15, -0.1) is 5.10 Å². The molecule has 0 saturated carbocycles. The molecule has 15 heteroatoms. The van der Waals surface area contributed by atoms with Crippen LogP contribution >= 0.6 is 23.4 Å². The summed E-state index contributed by atoms with van der Waals surface area (Å²) >= 11 is 7.15. The van der Waals surface area contributed by atoms with E-state index in [9.17, 15) is 27.6 Å². The van der Waals surface area contributed by atoms with E-state index in [1.165, 1.54) is 24.7 Å². The molecular formula is C26H23ClF3N3O7S. The predicted octanol–water partition coefficient (Wildman–Crippen LogP) is 4.50. The van der Waals surface area contributed by atoms with Crippen molar-refractivity contribution >= 4 is 41.3 Å². The van der Waals surface area contributed by atoms with Crippen LogP contribution in [0.4, 0.5) is 13.2 Å². The monoisotopic (exact) mass is 613 g/mol. The fourth-order valence-electron chi connectivity index (χ4n) is 4.18. The zero-order valence-corrected chi connectivity index (χ0v) is 23.3. The van der Waals surface area contributed by atoms with Crippen LogP contribution in [0.3, 0.4) is 0 Å². The number of aromatic nitrogens is 3. The fourth-order valence-corrected chi connectivity index (χ4v) is 5.42. The van der Waals surface area contributed by atoms with Gasteiger partial charge in [-0.2, -0.15) is 0 Å². The lowest BCUT2D eigenvalue weighted by atomic mass is 9.96. The molecule has 4 rings (SSSR count). The van der Waals surface area contributed by atoms with Crippen LogP contribution in [0, 0.1) is 17.5 Å². The lowest BCUT2D eigenvalue weighted by molar-refractivity contribution is -0.212. The number of esters is 3. The number of nitrogens with zero attached hydrogens (tertiary/aromatic N) is 3. The lowest BCUT2D eigenvalue weighted by Gasteiger charge is -2.44. The summed E-state index contributed by atoms with van der Waals surface area (Å²) < 4.78 is 65.2. The molecule has 3 aromatic rings. The van der Waals surface area contributed by atoms with E-state index in [1.54, 1.807) is 24.3 Å². The van der Waals surface area contributed by atoms with Crippen molar-refractivity contribution in [3.05, 3.63) is 65.1 Å². The Balaban J connectivity index is 1.81. The maximum atomic E-state index is 13.9. The van der Waals surface area contributed by atoms with E-state index < -0.39 is 65.1 Å². The van der Waals surface area contributed by atoms with Crippen molar-refractivity contribution in [3.8, 4) is 11.3 Å². The minimum Gasteiger partial charge on any atom is -0.463 e. The molecule has 1 saturated heterocycles. The molecule has 5 atom stereocenters. The number of carbonyl (C=O) groups is 3. The molecule has 0 unspecified atom stereocenters. The normalized spacial score (nSPS) is 22.2. The molecular weight excluding hydrogens is 591 g/mol. The van der Waals surface area contributed by atoms with Gasteiger partial charge >= 0.3 is 17.9 Å². The van der Waals surface area contributed by atoms with E-state index in [2.05, 4.69) is 10.3 Å². The van der Waals surface area contributed by atoms with Crippen LogP contribution in [0.5, 0.6) is 0 Å². The van der Waals surface area contributed by atoms with E-state index in [-0.39, 0.29) is 17.9 Å². The highest BCUT2D eigenvalue weighted by atomic mass is 35.5. The van der Waals surface area contributed by atoms with Crippen LogP contribution in [-0.2, 0) is 33.3 Å². The maximum Gasteiger partial charge on any atom is 0.303 e. The molecule has 1 aromatic heterocycles. The van der Waals surface area contributed by atoms with Gasteiger partial charge in [0.15, 0.2) is 29.7 Å². The molecule has 0 N–H and O–H groups in total. The maximum absolute atomic E-state index is 13.9. The van der Waals surface area contributed by atoms with Gasteiger partial charge in [0.25, 0.3) is 0 Å². The third-order valence-electron chi connectivity index (χ3n) is 5.83. The number of carbonyl (C=O) groups excluding carboxylic acids is 3. The first-order valence-corrected chi connectivity index (χ1v) is 13.3. The minimum absolute atomic E-state index is 0.0594. The number of ether oxygens (including phenoxy) is 4. The standard InChI is InChI=1S/C26H23ClF3N3O7S/c1-12(34)37-11-21-24(38-13(2)35)23(33-10-20(31-32-33)15-8-18(28)22(30)19(29)9-15)25(39-14(3)36)26(40-21)41-17-6-4-16(27)5-7-17/h4-10,21,23-26H,11H2,1-3H3/t21-,23+,24+,25-,26-/m1/s1. The SMILES string of the molecule is CC(=O)OC[C@H]1O[C@H](Sc2ccc(Cl)cc2)[C@H](OC(C)=O)[C@@H](n2cc(-c3cc(F)c(F)c(F)c3)nn2)[C@H]1OC(C)=O. The molecule has 0 radical (unpaired) electrons. The first kappa shape index (κ1) is 30.3. The summed E-state index contributed by atoms with van der Waals surface area (Å²) in [7, 11) is 0. The molecule has 1 aliphatic heterocycles. The molecule has 41 heavy (non-hydrogen) atoms. The van der Waals surface area contributed by atoms with Gasteiger partial charge in [-0.25, -0.2) is 17.9 Å². The highest BCUT2D eigenvalue weighted by molar-refractivity contribution is 7.99. The van der Waals surface area contributed by atoms with Crippen molar-refractivity contribution in [2.45, 2.75) is 55.5 Å². The Morgan fingerprint density at radius 1 is 0.976 bits per heavy atom. The van der Waals surface area contributed by atoms with E-state index in [0.717, 1.165) is 30.8 Å². The van der Waals surface area contributed by atoms with Gasteiger partial charge in [-0.05, 0) is 36.4 Å². The molecule has 0 aliphatic carbocycles. The van der Waals surface area contributed by atoms with Gasteiger partial charge in [0.1, 0.15) is 29.9 Å². The van der Waals surface area contributed by atoms with Crippen molar-refractivity contribution in [2.24, 2.45) is 0 Å². The van der Waals surface area contributed by atoms with Crippen molar-refractivity contribution in [2.75, 3.05) is 6.61 Å². The highest BCUT2D eigenvalue weighted by Gasteiger charge is 2.52. The predicted molar refractivity (Wildman–Crippen MR) is 138 cm³/mol. The summed E-state index contributed by atoms with van der Waals surface area (Å²) in [5.74, 6) is -6.57. The first-order valence-electron chi connectivity index (χ1n) is 12.0. The zero-order valence-electron chi connectivity index (χ0n) is 21.8. The Hall–Kier alpha value is -3.62. The van der Waals surface area contributed by atoms with Crippen LogP contribution < -0.4 is 0 Å². The van der Waals surface area contributed by atoms with Crippen molar-refractivity contribution in [3.63, 3.8) is 0 Å². The molecule has 2 heterocycles. The Kier molecular flexibility index (Phi) is 9.56. The van der Waals surface area contributed by atoms with E-state index in [1.807, 2.05) is 0 Å². The summed E-state index contributed by atoms with van der Waals surface area (Å²) in [5, 5.41) is 8.48. The number of hydrogen-bond donors (Lipinski definition) is 0. The summed E-state index contributed by atoms with van der Waals surface area (Å²) in [6.07, 6.45) is -2.23. The van der Waals surface area contributed by atoms with Gasteiger partial charge in [0.2, 0.25) is 0 Å². The van der Waals surface area contributed by atoms with Crippen LogP contribution in [-0.4, -0.2) is 63.3 Å². The molecule has 0 bridgehead atoms. The zero-order chi connectivity index (χ0) is 29.8. The highest BCUT2D eigenvalue weighted by Crippen LogP contribution is 2.41. The Labute approximate surface area is 241 Å². The van der Waals surface area contributed by atoms with Gasteiger partial charge in [-0.3, -0.25) is 14.4 Å². The summed E-state index contributed by atoms with van der Waals surface area (Å²) in [4.78, 5) is 36.7. The minimum atomic E-state index is -1.65. The van der Waals surface area contributed by atoms with E-state index in [4.69, 9.17) is 30.5 Å². The first-order chi connectivity index (χ1) is 19.4. The third kappa shape index (κ3) is 7.37. The Morgan fingerprint density at radius 2 is 1.59 bits per heavy atom. The second-order valence-electron chi connectivity index (χ2n) is 8.89. The van der Waals surface area contributed by atoms with E-state index in [0.29, 0.717) is 9.92 Å². The second-order valence-corrected chi connectivity index (χ2v) is 10.5. The molecule has 2 aromatic carbocycles. The molecule has 1 fully saturated rings. The van der Waals surface area contributed by atoms with Gasteiger partial charge in [-0.1, -0.05) is 28.6 Å². The lowest BCUT2D eigenvalue weighted by Crippen LogP contribution is -2.57. The van der Waals surface area contributed by atoms with E-state index >= 15 is 0 Å². The molecule has 1 aliphatic rings. The van der Waals surface area contributed by atoms with Crippen LogP contribution in [0.2, 0.25) is 5.02 Å². The van der Waals surface area contributed by atoms with Gasteiger partial charge < -0.3 is 18.9 Å². The summed E-state index contributed by atoms with van der Waals surface area (Å²) in [5.41, 5.74) is -1.15. The molecule has 0 amide bonds. The fraction of sp³-hybridized carbons (Fsp3) is 0.346. The average molecular weight is 614 g/mol. The Morgan fingerprint density at radius 3 is 2.17 bits per heavy atom. The van der Waals surface area contributed by atoms with Gasteiger partial charge in [0, 0.05) is 36.3 Å².